The van der Waals surface area contributed by atoms with Gasteiger partial charge in [0.15, 0.2) is 0 Å². The topological polar surface area (TPSA) is 38.5 Å². The normalized spacial score (nSPS) is 19.0. The molecule has 1 unspecified atom stereocenters. The Kier molecular flexibility index (Phi) is 8.48. The minimum atomic E-state index is 0.680. The van der Waals surface area contributed by atoms with Crippen molar-refractivity contribution >= 4 is 0 Å². The van der Waals surface area contributed by atoms with Crippen LogP contribution in [0.15, 0.2) is 24.3 Å². The Bertz CT molecular complexity index is 418. The molecule has 1 aliphatic heterocycles. The highest BCUT2D eigenvalue weighted by molar-refractivity contribution is 5.27. The Morgan fingerprint density at radius 1 is 1.13 bits per heavy atom. The molecule has 1 saturated heterocycles. The molecule has 0 amide bonds. The van der Waals surface area contributed by atoms with Crippen LogP contribution in [-0.2, 0) is 6.54 Å². The largest absolute Gasteiger partial charge is 0.494 e. The fourth-order valence-corrected chi connectivity index (χ4v) is 3.33. The van der Waals surface area contributed by atoms with Crippen LogP contribution in [0.4, 0.5) is 0 Å². The summed E-state index contributed by atoms with van der Waals surface area (Å²) in [6.07, 6.45) is 8.98. The summed E-state index contributed by atoms with van der Waals surface area (Å²) in [5.74, 6) is 1.68. The Morgan fingerprint density at radius 2 is 1.91 bits per heavy atom. The highest BCUT2D eigenvalue weighted by Crippen LogP contribution is 2.19. The minimum Gasteiger partial charge on any atom is -0.494 e. The number of benzene rings is 1. The average molecular weight is 319 g/mol. The van der Waals surface area contributed by atoms with Gasteiger partial charge in [0.1, 0.15) is 5.75 Å². The quantitative estimate of drug-likeness (QED) is 0.657. The van der Waals surface area contributed by atoms with E-state index in [1.807, 2.05) is 0 Å². The number of nitrogens with zero attached hydrogens (tertiary/aromatic N) is 1. The van der Waals surface area contributed by atoms with Crippen molar-refractivity contribution in [3.63, 3.8) is 0 Å². The van der Waals surface area contributed by atoms with Crippen LogP contribution in [0.1, 0.15) is 57.4 Å². The van der Waals surface area contributed by atoms with Crippen molar-refractivity contribution < 1.29 is 4.74 Å². The van der Waals surface area contributed by atoms with E-state index >= 15 is 0 Å². The molecule has 2 N–H and O–H groups in total. The van der Waals surface area contributed by atoms with Crippen LogP contribution in [0.3, 0.4) is 0 Å². The van der Waals surface area contributed by atoms with Crippen LogP contribution in [0.2, 0.25) is 0 Å². The summed E-state index contributed by atoms with van der Waals surface area (Å²) in [6.45, 7) is 7.29. The molecule has 0 spiro atoms. The van der Waals surface area contributed by atoms with Crippen molar-refractivity contribution in [2.45, 2.75) is 58.4 Å². The second-order valence-corrected chi connectivity index (χ2v) is 6.89. The lowest BCUT2D eigenvalue weighted by Crippen LogP contribution is -2.37. The lowest BCUT2D eigenvalue weighted by Gasteiger charge is -2.32. The lowest BCUT2D eigenvalue weighted by atomic mass is 9.98. The molecule has 0 saturated carbocycles. The monoisotopic (exact) mass is 318 g/mol. The van der Waals surface area contributed by atoms with Gasteiger partial charge in [0.25, 0.3) is 0 Å². The molecule has 1 aromatic rings. The van der Waals surface area contributed by atoms with Crippen molar-refractivity contribution in [3.8, 4) is 5.75 Å². The maximum Gasteiger partial charge on any atom is 0.119 e. The molecule has 0 aromatic heterocycles. The van der Waals surface area contributed by atoms with E-state index in [0.717, 1.165) is 38.4 Å². The molecule has 0 bridgehead atoms. The van der Waals surface area contributed by atoms with E-state index in [9.17, 15) is 0 Å². The first-order valence-corrected chi connectivity index (χ1v) is 9.46. The predicted octanol–water partition coefficient (Wildman–Crippen LogP) is 4.21. The molecule has 1 aliphatic rings. The van der Waals surface area contributed by atoms with Crippen molar-refractivity contribution in [2.75, 3.05) is 26.2 Å². The summed E-state index contributed by atoms with van der Waals surface area (Å²) in [4.78, 5) is 2.53. The fraction of sp³-hybridized carbons (Fsp3) is 0.700. The summed E-state index contributed by atoms with van der Waals surface area (Å²) < 4.78 is 5.84. The van der Waals surface area contributed by atoms with E-state index in [0.29, 0.717) is 5.92 Å². The van der Waals surface area contributed by atoms with Gasteiger partial charge in [-0.2, -0.15) is 0 Å². The summed E-state index contributed by atoms with van der Waals surface area (Å²) in [5.41, 5.74) is 7.19. The number of nitrogens with two attached hydrogens (primary N) is 1. The zero-order valence-corrected chi connectivity index (χ0v) is 14.8. The first-order valence-electron chi connectivity index (χ1n) is 9.46. The van der Waals surface area contributed by atoms with Crippen molar-refractivity contribution in [1.82, 2.24) is 4.90 Å². The third-order valence-corrected chi connectivity index (χ3v) is 4.78. The summed E-state index contributed by atoms with van der Waals surface area (Å²) in [6, 6.07) is 8.65. The van der Waals surface area contributed by atoms with Gasteiger partial charge >= 0.3 is 0 Å². The number of hydrogen-bond acceptors (Lipinski definition) is 3. The predicted molar refractivity (Wildman–Crippen MR) is 97.8 cm³/mol. The smallest absolute Gasteiger partial charge is 0.119 e. The van der Waals surface area contributed by atoms with Crippen LogP contribution >= 0.6 is 0 Å². The molecule has 3 nitrogen and oxygen atoms in total. The first kappa shape index (κ1) is 18.3. The van der Waals surface area contributed by atoms with Gasteiger partial charge < -0.3 is 10.5 Å². The van der Waals surface area contributed by atoms with Crippen molar-refractivity contribution in [3.05, 3.63) is 29.8 Å². The summed E-state index contributed by atoms with van der Waals surface area (Å²) in [5, 5.41) is 0. The number of likely N-dealkylation sites (tertiary alicyclic amines) is 1. The molecular formula is C20H34N2O. The average Bonchev–Trinajstić information content (AvgIpc) is 2.59. The van der Waals surface area contributed by atoms with Gasteiger partial charge in [0.05, 0.1) is 6.61 Å². The molecule has 1 atom stereocenters. The Balaban J connectivity index is 1.67. The molecule has 1 aromatic carbocycles. The maximum absolute atomic E-state index is 5.84. The van der Waals surface area contributed by atoms with Gasteiger partial charge in [-0.3, -0.25) is 4.90 Å². The van der Waals surface area contributed by atoms with E-state index in [1.54, 1.807) is 0 Å². The van der Waals surface area contributed by atoms with E-state index in [-0.39, 0.29) is 0 Å². The van der Waals surface area contributed by atoms with Crippen LogP contribution in [0.5, 0.6) is 5.75 Å². The van der Waals surface area contributed by atoms with Gasteiger partial charge in [-0.15, -0.1) is 0 Å². The van der Waals surface area contributed by atoms with E-state index in [1.165, 1.54) is 50.6 Å². The molecule has 0 aliphatic carbocycles. The standard InChI is InChI=1S/C20H34N2O/c1-2-3-4-5-6-14-23-20-11-9-18(10-12-20)16-22-13-7-8-19(15-21)17-22/h9-12,19H,2-8,13-17,21H2,1H3. The highest BCUT2D eigenvalue weighted by atomic mass is 16.5. The second-order valence-electron chi connectivity index (χ2n) is 6.89. The SMILES string of the molecule is CCCCCCCOc1ccc(CN2CCCC(CN)C2)cc1. The zero-order chi connectivity index (χ0) is 16.3. The summed E-state index contributed by atoms with van der Waals surface area (Å²) >= 11 is 0. The molecule has 1 heterocycles. The maximum atomic E-state index is 5.84. The van der Waals surface area contributed by atoms with Gasteiger partial charge in [-0.25, -0.2) is 0 Å². The first-order chi connectivity index (χ1) is 11.3. The molecule has 23 heavy (non-hydrogen) atoms. The van der Waals surface area contributed by atoms with Gasteiger partial charge in [0.2, 0.25) is 0 Å². The van der Waals surface area contributed by atoms with Crippen LogP contribution in [0.25, 0.3) is 0 Å². The number of rotatable bonds is 10. The Hall–Kier alpha value is -1.06. The minimum absolute atomic E-state index is 0.680. The van der Waals surface area contributed by atoms with Crippen LogP contribution < -0.4 is 10.5 Å². The number of unbranched alkanes of at least 4 members (excludes halogenated alkanes) is 4. The lowest BCUT2D eigenvalue weighted by molar-refractivity contribution is 0.171. The zero-order valence-electron chi connectivity index (χ0n) is 14.8. The van der Waals surface area contributed by atoms with Crippen LogP contribution in [-0.4, -0.2) is 31.1 Å². The van der Waals surface area contributed by atoms with Crippen molar-refractivity contribution in [2.24, 2.45) is 11.7 Å². The van der Waals surface area contributed by atoms with Crippen LogP contribution in [0, 0.1) is 5.92 Å². The molecule has 1 fully saturated rings. The second kappa shape index (κ2) is 10.7. The van der Waals surface area contributed by atoms with Gasteiger partial charge in [-0.1, -0.05) is 44.7 Å². The van der Waals surface area contributed by atoms with E-state index in [4.69, 9.17) is 10.5 Å². The molecular weight excluding hydrogens is 284 g/mol. The molecule has 2 rings (SSSR count). The van der Waals surface area contributed by atoms with E-state index < -0.39 is 0 Å². The number of hydrogen-bond donors (Lipinski definition) is 1. The molecule has 0 radical (unpaired) electrons. The number of ether oxygens (including phenoxy) is 1. The molecule has 130 valence electrons. The van der Waals surface area contributed by atoms with Crippen molar-refractivity contribution in [1.29, 1.82) is 0 Å². The van der Waals surface area contributed by atoms with E-state index in [2.05, 4.69) is 36.1 Å². The third-order valence-electron chi connectivity index (χ3n) is 4.78. The van der Waals surface area contributed by atoms with Gasteiger partial charge in [-0.05, 0) is 56.0 Å². The number of piperidine rings is 1. The Morgan fingerprint density at radius 3 is 2.65 bits per heavy atom. The molecule has 3 heteroatoms. The third kappa shape index (κ3) is 6.92. The Labute approximate surface area is 142 Å². The highest BCUT2D eigenvalue weighted by Gasteiger charge is 2.18. The van der Waals surface area contributed by atoms with Gasteiger partial charge in [0, 0.05) is 13.1 Å². The fourth-order valence-electron chi connectivity index (χ4n) is 3.33. The summed E-state index contributed by atoms with van der Waals surface area (Å²) in [7, 11) is 0.